The van der Waals surface area contributed by atoms with E-state index in [9.17, 15) is 9.59 Å². The van der Waals surface area contributed by atoms with E-state index in [-0.39, 0.29) is 10.9 Å². The largest absolute Gasteiger partial charge is 0.479 e. The topological polar surface area (TPSA) is 75.6 Å². The van der Waals surface area contributed by atoms with Gasteiger partial charge >= 0.3 is 5.97 Å². The molecule has 0 saturated heterocycles. The number of carbonyl (C=O) groups excluding carboxylic acids is 1. The lowest BCUT2D eigenvalue weighted by atomic mass is 10.2. The van der Waals surface area contributed by atoms with E-state index in [1.807, 2.05) is 0 Å². The average molecular weight is 354 g/mol. The molecule has 0 heterocycles. The summed E-state index contributed by atoms with van der Waals surface area (Å²) in [6, 6.07) is 11.0. The van der Waals surface area contributed by atoms with Gasteiger partial charge in [-0.25, -0.2) is 4.79 Å². The molecule has 0 fully saturated rings. The smallest absolute Gasteiger partial charge is 0.344 e. The van der Waals surface area contributed by atoms with E-state index < -0.39 is 12.1 Å². The molecule has 1 atom stereocenters. The highest BCUT2D eigenvalue weighted by atomic mass is 35.5. The number of halogens is 2. The van der Waals surface area contributed by atoms with Crippen LogP contribution in [0.1, 0.15) is 17.3 Å². The zero-order valence-electron chi connectivity index (χ0n) is 12.0. The first-order chi connectivity index (χ1) is 10.9. The average Bonchev–Trinajstić information content (AvgIpc) is 2.52. The van der Waals surface area contributed by atoms with Crippen LogP contribution in [0.15, 0.2) is 42.5 Å². The molecule has 7 heteroatoms. The number of carboxylic acids is 1. The monoisotopic (exact) mass is 353 g/mol. The van der Waals surface area contributed by atoms with Crippen molar-refractivity contribution < 1.29 is 19.4 Å². The molecular weight excluding hydrogens is 341 g/mol. The molecule has 2 aromatic carbocycles. The van der Waals surface area contributed by atoms with Crippen LogP contribution >= 0.6 is 23.2 Å². The predicted molar refractivity (Wildman–Crippen MR) is 88.6 cm³/mol. The SMILES string of the molecule is CC(Oc1ccc(C(=O)Nc2cccc(Cl)c2Cl)cc1)C(=O)O. The van der Waals surface area contributed by atoms with Crippen LogP contribution in [0, 0.1) is 0 Å². The van der Waals surface area contributed by atoms with Gasteiger partial charge in [0.25, 0.3) is 5.91 Å². The van der Waals surface area contributed by atoms with Gasteiger partial charge < -0.3 is 15.2 Å². The Balaban J connectivity index is 2.08. The van der Waals surface area contributed by atoms with Crippen molar-refractivity contribution in [3.8, 4) is 5.75 Å². The maximum atomic E-state index is 12.2. The minimum absolute atomic E-state index is 0.262. The van der Waals surface area contributed by atoms with Crippen molar-refractivity contribution in [2.75, 3.05) is 5.32 Å². The van der Waals surface area contributed by atoms with Crippen molar-refractivity contribution in [1.82, 2.24) is 0 Å². The van der Waals surface area contributed by atoms with E-state index in [4.69, 9.17) is 33.0 Å². The number of hydrogen-bond acceptors (Lipinski definition) is 3. The van der Waals surface area contributed by atoms with Crippen LogP contribution in [0.4, 0.5) is 5.69 Å². The molecule has 2 aromatic rings. The fraction of sp³-hybridized carbons (Fsp3) is 0.125. The number of amides is 1. The molecule has 1 unspecified atom stereocenters. The van der Waals surface area contributed by atoms with Crippen molar-refractivity contribution >= 4 is 40.8 Å². The number of carboxylic acid groups (broad SMARTS) is 1. The molecule has 0 aliphatic heterocycles. The van der Waals surface area contributed by atoms with Crippen LogP contribution in [-0.2, 0) is 4.79 Å². The Morgan fingerprint density at radius 3 is 2.39 bits per heavy atom. The quantitative estimate of drug-likeness (QED) is 0.848. The van der Waals surface area contributed by atoms with E-state index in [2.05, 4.69) is 5.32 Å². The summed E-state index contributed by atoms with van der Waals surface area (Å²) in [5, 5.41) is 12.0. The zero-order valence-corrected chi connectivity index (χ0v) is 13.6. The number of ether oxygens (including phenoxy) is 1. The molecule has 23 heavy (non-hydrogen) atoms. The summed E-state index contributed by atoms with van der Waals surface area (Å²) in [6.45, 7) is 1.42. The Morgan fingerprint density at radius 2 is 1.78 bits per heavy atom. The number of nitrogens with one attached hydrogen (secondary N) is 1. The third-order valence-electron chi connectivity index (χ3n) is 2.98. The number of hydrogen-bond donors (Lipinski definition) is 2. The summed E-state index contributed by atoms with van der Waals surface area (Å²) in [4.78, 5) is 22.9. The third-order valence-corrected chi connectivity index (χ3v) is 3.80. The van der Waals surface area contributed by atoms with Gasteiger partial charge in [-0.1, -0.05) is 29.3 Å². The lowest BCUT2D eigenvalue weighted by molar-refractivity contribution is -0.144. The first-order valence-corrected chi connectivity index (χ1v) is 7.39. The maximum absolute atomic E-state index is 12.2. The summed E-state index contributed by atoms with van der Waals surface area (Å²) in [5.41, 5.74) is 0.778. The number of rotatable bonds is 5. The Bertz CT molecular complexity index is 731. The molecule has 0 spiro atoms. The van der Waals surface area contributed by atoms with E-state index >= 15 is 0 Å². The summed E-state index contributed by atoms with van der Waals surface area (Å²) in [6.07, 6.45) is -0.972. The molecular formula is C16H13Cl2NO4. The third kappa shape index (κ3) is 4.37. The Labute approximate surface area is 142 Å². The van der Waals surface area contributed by atoms with Gasteiger partial charge in [-0.2, -0.15) is 0 Å². The van der Waals surface area contributed by atoms with Gasteiger partial charge in [0.05, 0.1) is 15.7 Å². The molecule has 0 bridgehead atoms. The summed E-state index contributed by atoms with van der Waals surface area (Å²) < 4.78 is 5.19. The molecule has 0 aromatic heterocycles. The second kappa shape index (κ2) is 7.35. The minimum atomic E-state index is -1.07. The maximum Gasteiger partial charge on any atom is 0.344 e. The number of carbonyl (C=O) groups is 2. The van der Waals surface area contributed by atoms with Gasteiger partial charge in [-0.05, 0) is 43.3 Å². The lowest BCUT2D eigenvalue weighted by Gasteiger charge is -2.11. The first-order valence-electron chi connectivity index (χ1n) is 6.63. The molecule has 0 aliphatic rings. The molecule has 0 aliphatic carbocycles. The molecule has 120 valence electrons. The molecule has 2 rings (SSSR count). The highest BCUT2D eigenvalue weighted by Crippen LogP contribution is 2.29. The summed E-state index contributed by atoms with van der Waals surface area (Å²) in [7, 11) is 0. The van der Waals surface area contributed by atoms with Crippen LogP contribution < -0.4 is 10.1 Å². The van der Waals surface area contributed by atoms with Gasteiger partial charge in [0.1, 0.15) is 5.75 Å². The Hall–Kier alpha value is -2.24. The standard InChI is InChI=1S/C16H13Cl2NO4/c1-9(16(21)22)23-11-7-5-10(6-8-11)15(20)19-13-4-2-3-12(17)14(13)18/h2-9H,1H3,(H,19,20)(H,21,22). The van der Waals surface area contributed by atoms with Gasteiger partial charge in [0.2, 0.25) is 0 Å². The molecule has 0 radical (unpaired) electrons. The number of aliphatic carboxylic acids is 1. The fourth-order valence-electron chi connectivity index (χ4n) is 1.73. The van der Waals surface area contributed by atoms with Crippen molar-refractivity contribution in [2.45, 2.75) is 13.0 Å². The fourth-order valence-corrected chi connectivity index (χ4v) is 2.08. The normalized spacial score (nSPS) is 11.6. The van der Waals surface area contributed by atoms with E-state index in [0.29, 0.717) is 22.0 Å². The van der Waals surface area contributed by atoms with Crippen LogP contribution in [0.5, 0.6) is 5.75 Å². The molecule has 1 amide bonds. The Kier molecular flexibility index (Phi) is 5.47. The molecule has 5 nitrogen and oxygen atoms in total. The van der Waals surface area contributed by atoms with Gasteiger partial charge in [-0.3, -0.25) is 4.79 Å². The minimum Gasteiger partial charge on any atom is -0.479 e. The van der Waals surface area contributed by atoms with Crippen LogP contribution in [0.2, 0.25) is 10.0 Å². The second-order valence-electron chi connectivity index (χ2n) is 4.68. The van der Waals surface area contributed by atoms with Crippen molar-refractivity contribution in [3.05, 3.63) is 58.1 Å². The highest BCUT2D eigenvalue weighted by Gasteiger charge is 2.13. The van der Waals surface area contributed by atoms with Gasteiger partial charge in [0, 0.05) is 5.56 Å². The van der Waals surface area contributed by atoms with E-state index in [1.54, 1.807) is 18.2 Å². The molecule has 0 saturated carbocycles. The van der Waals surface area contributed by atoms with Crippen molar-refractivity contribution in [2.24, 2.45) is 0 Å². The van der Waals surface area contributed by atoms with Gasteiger partial charge in [-0.15, -0.1) is 0 Å². The summed E-state index contributed by atoms with van der Waals surface area (Å²) >= 11 is 11.9. The predicted octanol–water partition coefficient (Wildman–Crippen LogP) is 4.10. The van der Waals surface area contributed by atoms with E-state index in [0.717, 1.165) is 0 Å². The first kappa shape index (κ1) is 17.1. The van der Waals surface area contributed by atoms with Crippen LogP contribution in [0.3, 0.4) is 0 Å². The van der Waals surface area contributed by atoms with Gasteiger partial charge in [0.15, 0.2) is 6.10 Å². The molecule has 2 N–H and O–H groups in total. The van der Waals surface area contributed by atoms with Crippen molar-refractivity contribution in [3.63, 3.8) is 0 Å². The zero-order chi connectivity index (χ0) is 17.0. The number of benzene rings is 2. The Morgan fingerprint density at radius 1 is 1.13 bits per heavy atom. The highest BCUT2D eigenvalue weighted by molar-refractivity contribution is 6.44. The number of anilines is 1. The van der Waals surface area contributed by atoms with Crippen LogP contribution in [0.25, 0.3) is 0 Å². The van der Waals surface area contributed by atoms with Crippen molar-refractivity contribution in [1.29, 1.82) is 0 Å². The second-order valence-corrected chi connectivity index (χ2v) is 5.46. The van der Waals surface area contributed by atoms with Crippen LogP contribution in [-0.4, -0.2) is 23.1 Å². The lowest BCUT2D eigenvalue weighted by Crippen LogP contribution is -2.22. The summed E-state index contributed by atoms with van der Waals surface area (Å²) in [5.74, 6) is -1.08. The van der Waals surface area contributed by atoms with E-state index in [1.165, 1.54) is 31.2 Å².